The second kappa shape index (κ2) is 15.6. The summed E-state index contributed by atoms with van der Waals surface area (Å²) in [4.78, 5) is 73.4. The average Bonchev–Trinajstić information content (AvgIpc) is 3.39. The van der Waals surface area contributed by atoms with Gasteiger partial charge in [-0.05, 0) is 50.2 Å². The summed E-state index contributed by atoms with van der Waals surface area (Å²) >= 11 is 1.72. The highest BCUT2D eigenvalue weighted by Crippen LogP contribution is 2.28. The Morgan fingerprint density at radius 2 is 1.83 bits per heavy atom. The van der Waals surface area contributed by atoms with Crippen LogP contribution in [0.4, 0.5) is 4.39 Å². The van der Waals surface area contributed by atoms with E-state index in [0.29, 0.717) is 65.4 Å². The number of fused-ring (bicyclic) bond motifs is 2. The quantitative estimate of drug-likeness (QED) is 0.205. The lowest BCUT2D eigenvalue weighted by Gasteiger charge is -2.31. The fourth-order valence-electron chi connectivity index (χ4n) is 7.47. The number of carbonyl (C=O) groups is 3. The number of aryl methyl sites for hydroxylation is 1. The minimum absolute atomic E-state index is 0.0724. The third-order valence-electron chi connectivity index (χ3n) is 10.5. The van der Waals surface area contributed by atoms with Gasteiger partial charge in [-0.25, -0.2) is 14.2 Å². The largest absolute Gasteiger partial charge is 0.493 e. The van der Waals surface area contributed by atoms with Crippen molar-refractivity contribution in [3.63, 3.8) is 0 Å². The number of nitrogens with one attached hydrogen (secondary N) is 2. The van der Waals surface area contributed by atoms with Gasteiger partial charge in [0.15, 0.2) is 0 Å². The minimum Gasteiger partial charge on any atom is -0.493 e. The van der Waals surface area contributed by atoms with Gasteiger partial charge in [-0.2, -0.15) is 11.8 Å². The first kappa shape index (κ1) is 36.4. The van der Waals surface area contributed by atoms with Gasteiger partial charge in [0, 0.05) is 64.0 Å². The van der Waals surface area contributed by atoms with E-state index >= 15 is 0 Å². The Morgan fingerprint density at radius 1 is 1.06 bits per heavy atom. The number of likely N-dealkylation sites (tertiary alicyclic amines) is 2. The third-order valence-corrected chi connectivity index (χ3v) is 11.9. The molecule has 278 valence electrons. The predicted molar refractivity (Wildman–Crippen MR) is 199 cm³/mol. The first-order valence-corrected chi connectivity index (χ1v) is 19.1. The molecule has 0 radical (unpaired) electrons. The van der Waals surface area contributed by atoms with Crippen molar-refractivity contribution in [3.8, 4) is 17.6 Å². The Kier molecular flexibility index (Phi) is 10.7. The fourth-order valence-corrected chi connectivity index (χ4v) is 8.55. The zero-order valence-corrected chi connectivity index (χ0v) is 30.6. The van der Waals surface area contributed by atoms with Gasteiger partial charge in [0.25, 0.3) is 5.56 Å². The van der Waals surface area contributed by atoms with Gasteiger partial charge in [0.1, 0.15) is 28.8 Å². The highest BCUT2D eigenvalue weighted by atomic mass is 32.2. The number of benzene rings is 2. The number of H-pyrrole nitrogens is 1. The highest BCUT2D eigenvalue weighted by molar-refractivity contribution is 7.99. The molecule has 3 aliphatic rings. The minimum atomic E-state index is -0.751. The van der Waals surface area contributed by atoms with Gasteiger partial charge in [0.2, 0.25) is 17.7 Å². The average molecular weight is 744 g/mol. The Bertz CT molecular complexity index is 2260. The highest BCUT2D eigenvalue weighted by Gasteiger charge is 2.31. The van der Waals surface area contributed by atoms with Crippen LogP contribution in [0.2, 0.25) is 0 Å². The third kappa shape index (κ3) is 7.89. The molecule has 15 heteroatoms. The zero-order chi connectivity index (χ0) is 37.2. The number of aromatic nitrogens is 4. The number of hydrogen-bond acceptors (Lipinski definition) is 9. The van der Waals surface area contributed by atoms with Crippen LogP contribution in [0.5, 0.6) is 5.75 Å². The number of imidazole rings is 1. The van der Waals surface area contributed by atoms with Crippen LogP contribution in [-0.4, -0.2) is 91.2 Å². The molecule has 2 N–H and O–H groups in total. The van der Waals surface area contributed by atoms with E-state index in [4.69, 9.17) is 4.74 Å². The molecule has 0 spiro atoms. The SMILES string of the molecule is CC(=O)N1CCC(COc2cc(F)c3c(=O)[nH]c(CSC4CCN(CC#Cc5cccc6c5n(C)c(=O)n6C5CCC(=O)NC5=O)CC4)nc3c2)CC1. The van der Waals surface area contributed by atoms with Crippen LogP contribution < -0.4 is 21.3 Å². The van der Waals surface area contributed by atoms with E-state index in [9.17, 15) is 28.4 Å². The summed E-state index contributed by atoms with van der Waals surface area (Å²) in [7, 11) is 1.67. The van der Waals surface area contributed by atoms with Gasteiger partial charge >= 0.3 is 5.69 Å². The number of thioether (sulfide) groups is 1. The number of carbonyl (C=O) groups excluding carboxylic acids is 3. The zero-order valence-electron chi connectivity index (χ0n) is 29.8. The van der Waals surface area contributed by atoms with Gasteiger partial charge < -0.3 is 14.6 Å². The molecule has 2 aromatic heterocycles. The van der Waals surface area contributed by atoms with E-state index in [1.807, 2.05) is 17.0 Å². The summed E-state index contributed by atoms with van der Waals surface area (Å²) in [6, 6.07) is 7.59. The molecule has 7 rings (SSSR count). The molecule has 0 saturated carbocycles. The summed E-state index contributed by atoms with van der Waals surface area (Å²) < 4.78 is 23.9. The number of ether oxygens (including phenoxy) is 1. The lowest BCUT2D eigenvalue weighted by atomic mass is 9.98. The Hall–Kier alpha value is -4.94. The molecule has 53 heavy (non-hydrogen) atoms. The van der Waals surface area contributed by atoms with Crippen molar-refractivity contribution in [2.45, 2.75) is 62.5 Å². The molecule has 3 fully saturated rings. The molecule has 1 atom stereocenters. The standard InChI is InChI=1S/C38H42FN7O6S/c1-23(47)45-17-10-24(11-18-45)21-52-26-19-28(39)34-29(20-26)40-32(41-37(34)50)22-53-27-12-15-44(16-13-27)14-4-6-25-5-3-7-30-35(25)43(2)38(51)46(30)31-8-9-33(48)42-36(31)49/h3,5,7,19-20,24,27,31H,8-18,21-22H2,1-2H3,(H,40,41,50)(H,42,48,49). The molecule has 5 heterocycles. The molecule has 3 amide bonds. The van der Waals surface area contributed by atoms with Crippen molar-refractivity contribution in [3.05, 3.63) is 68.4 Å². The lowest BCUT2D eigenvalue weighted by Crippen LogP contribution is -2.44. The van der Waals surface area contributed by atoms with Gasteiger partial charge in [-0.3, -0.25) is 38.5 Å². The second-order valence-corrected chi connectivity index (χ2v) is 15.3. The van der Waals surface area contributed by atoms with E-state index in [1.54, 1.807) is 37.9 Å². The number of rotatable bonds is 8. The van der Waals surface area contributed by atoms with Crippen molar-refractivity contribution in [1.29, 1.82) is 0 Å². The molecule has 2 aromatic carbocycles. The van der Waals surface area contributed by atoms with E-state index in [0.717, 1.165) is 38.8 Å². The van der Waals surface area contributed by atoms with Crippen LogP contribution >= 0.6 is 11.8 Å². The maximum absolute atomic E-state index is 15.0. The maximum atomic E-state index is 15.0. The van der Waals surface area contributed by atoms with Gasteiger partial charge in [-0.1, -0.05) is 17.9 Å². The van der Waals surface area contributed by atoms with Gasteiger partial charge in [-0.15, -0.1) is 0 Å². The number of amides is 3. The Balaban J connectivity index is 0.931. The molecule has 3 aliphatic heterocycles. The molecule has 13 nitrogen and oxygen atoms in total. The number of hydrogen-bond donors (Lipinski definition) is 2. The van der Waals surface area contributed by atoms with Crippen molar-refractivity contribution in [2.24, 2.45) is 13.0 Å². The number of halogens is 1. The monoisotopic (exact) mass is 743 g/mol. The van der Waals surface area contributed by atoms with E-state index < -0.39 is 23.3 Å². The number of piperidine rings is 3. The van der Waals surface area contributed by atoms with Crippen LogP contribution in [-0.2, 0) is 27.2 Å². The number of imide groups is 1. The summed E-state index contributed by atoms with van der Waals surface area (Å²) in [6.07, 6.45) is 3.96. The molecule has 1 unspecified atom stereocenters. The summed E-state index contributed by atoms with van der Waals surface area (Å²) in [5.41, 5.74) is 1.38. The summed E-state index contributed by atoms with van der Waals surface area (Å²) in [5, 5.41) is 2.61. The van der Waals surface area contributed by atoms with Crippen LogP contribution in [0.1, 0.15) is 62.9 Å². The molecule has 0 bridgehead atoms. The first-order chi connectivity index (χ1) is 25.5. The molecular weight excluding hydrogens is 702 g/mol. The number of para-hydroxylation sites is 1. The predicted octanol–water partition coefficient (Wildman–Crippen LogP) is 3.08. The lowest BCUT2D eigenvalue weighted by molar-refractivity contribution is -0.136. The van der Waals surface area contributed by atoms with E-state index in [1.165, 1.54) is 15.2 Å². The summed E-state index contributed by atoms with van der Waals surface area (Å²) in [5.74, 6) is 6.68. The summed E-state index contributed by atoms with van der Waals surface area (Å²) in [6.45, 7) is 5.62. The number of nitrogens with zero attached hydrogens (tertiary/aromatic N) is 5. The molecule has 3 saturated heterocycles. The molecule has 4 aromatic rings. The van der Waals surface area contributed by atoms with E-state index in [-0.39, 0.29) is 47.2 Å². The van der Waals surface area contributed by atoms with Crippen LogP contribution in [0, 0.1) is 23.6 Å². The van der Waals surface area contributed by atoms with Crippen LogP contribution in [0.25, 0.3) is 21.9 Å². The van der Waals surface area contributed by atoms with Gasteiger partial charge in [0.05, 0.1) is 41.0 Å². The van der Waals surface area contributed by atoms with Crippen LogP contribution in [0.3, 0.4) is 0 Å². The number of aromatic amines is 1. The Morgan fingerprint density at radius 3 is 2.57 bits per heavy atom. The van der Waals surface area contributed by atoms with E-state index in [2.05, 4.69) is 32.0 Å². The van der Waals surface area contributed by atoms with Crippen LogP contribution in [0.15, 0.2) is 39.9 Å². The van der Waals surface area contributed by atoms with Crippen molar-refractivity contribution >= 4 is 51.4 Å². The fraction of sp³-hybridized carbons (Fsp3) is 0.474. The smallest absolute Gasteiger partial charge is 0.329 e. The normalized spacial score (nSPS) is 19.0. The second-order valence-electron chi connectivity index (χ2n) is 14.0. The van der Waals surface area contributed by atoms with Crippen molar-refractivity contribution < 1.29 is 23.5 Å². The molecule has 0 aliphatic carbocycles. The van der Waals surface area contributed by atoms with Crippen molar-refractivity contribution in [1.82, 2.24) is 34.2 Å². The first-order valence-electron chi connectivity index (χ1n) is 18.0. The van der Waals surface area contributed by atoms with Crippen molar-refractivity contribution in [2.75, 3.05) is 39.3 Å². The topological polar surface area (TPSA) is 152 Å². The molecular formula is C38H42FN7O6S. The maximum Gasteiger partial charge on any atom is 0.329 e. The Labute approximate surface area is 309 Å².